The number of ether oxygens (including phenoxy) is 2. The fraction of sp³-hybridized carbons (Fsp3) is 0.157. The molecule has 0 bridgehead atoms. The molecular weight excluding hydrogens is 1240 g/mol. The Kier molecular flexibility index (Phi) is 19.9. The lowest BCUT2D eigenvalue weighted by Gasteiger charge is -2.21. The average Bonchev–Trinajstić information content (AvgIpc) is 1.64. The molecule has 93 heavy (non-hydrogen) atoms. The van der Waals surface area contributed by atoms with Gasteiger partial charge in [-0.05, 0) is 163 Å². The Bertz CT molecular complexity index is 4820. The normalized spacial score (nSPS) is 11.3. The standard InChI is InChI=1S/C26H23FN2O4.C23H17ClFNO3.C21H21FN4O4S/c1-28-26(31)23-21-15-18(17-4-3-5-19(14-17)25(30)29-12-13-32-2)8-11-22(21)33-24(23)16-6-9-20(27)10-7-16;1-26-23(28)21-18-11-15(17-10-13(12-27)2-8-19(17)24)5-9-20(18)29-22(21)14-3-6-16(25)7-4-14;1-12(2)29-18-9-15-17(10-16(18)26(3)31(4,27)28)30-20(13-5-7-14(22)8-6-13)19(15)21-23-11-24-25-21/h3-11,14-15H,12-13H2,1-2H3,(H,28,31)(H,29,30);2-11,27H,12H2,1H3,(H,26,28);5-12H,1-4H3,(H,23,24,25). The van der Waals surface area contributed by atoms with Crippen LogP contribution in [0.15, 0.2) is 183 Å². The van der Waals surface area contributed by atoms with Crippen LogP contribution in [0.25, 0.3) is 101 Å². The summed E-state index contributed by atoms with van der Waals surface area (Å²) >= 11 is 6.36. The van der Waals surface area contributed by atoms with Crippen molar-refractivity contribution in [2.24, 2.45) is 0 Å². The van der Waals surface area contributed by atoms with Crippen LogP contribution in [0.2, 0.25) is 5.02 Å². The van der Waals surface area contributed by atoms with E-state index in [1.54, 1.807) is 106 Å². The van der Waals surface area contributed by atoms with Crippen LogP contribution < -0.4 is 25.0 Å². The first-order valence-electron chi connectivity index (χ1n) is 28.9. The summed E-state index contributed by atoms with van der Waals surface area (Å²) in [6, 6.07) is 44.3. The van der Waals surface area contributed by atoms with E-state index in [2.05, 4.69) is 31.1 Å². The first kappa shape index (κ1) is 65.4. The van der Waals surface area contributed by atoms with Crippen LogP contribution in [0.1, 0.15) is 50.5 Å². The highest BCUT2D eigenvalue weighted by Crippen LogP contribution is 2.45. The second-order valence-electron chi connectivity index (χ2n) is 21.4. The van der Waals surface area contributed by atoms with Gasteiger partial charge >= 0.3 is 0 Å². The number of hydrogen-bond acceptors (Lipinski definition) is 13. The van der Waals surface area contributed by atoms with Crippen LogP contribution in [0.4, 0.5) is 18.9 Å². The number of fused-ring (bicyclic) bond motifs is 3. The van der Waals surface area contributed by atoms with Gasteiger partial charge in [-0.25, -0.2) is 26.6 Å². The maximum absolute atomic E-state index is 13.5. The Morgan fingerprint density at radius 1 is 0.645 bits per heavy atom. The highest BCUT2D eigenvalue weighted by molar-refractivity contribution is 7.92. The summed E-state index contributed by atoms with van der Waals surface area (Å²) in [5, 5.41) is 26.7. The summed E-state index contributed by atoms with van der Waals surface area (Å²) in [7, 11) is 2.57. The fourth-order valence-electron chi connectivity index (χ4n) is 10.2. The minimum absolute atomic E-state index is 0.101. The Morgan fingerprint density at radius 3 is 1.69 bits per heavy atom. The number of nitrogens with one attached hydrogen (secondary N) is 4. The molecule has 0 spiro atoms. The van der Waals surface area contributed by atoms with Gasteiger partial charge in [-0.2, -0.15) is 5.10 Å². The van der Waals surface area contributed by atoms with Gasteiger partial charge in [0, 0.05) is 89.9 Å². The molecule has 3 amide bonds. The SMILES string of the molecule is CC(C)Oc1cc2c(-c3ncn[nH]3)c(-c3ccc(F)cc3)oc2cc1N(C)S(C)(=O)=O.CNC(=O)c1c(-c2ccc(F)cc2)oc2ccc(-c3cc(CO)ccc3Cl)cc12.CNC(=O)c1c(-c2ccc(F)cc2)oc2ccc(-c3cccc(C(=O)NCCOC)c3)cc12. The van der Waals surface area contributed by atoms with Crippen molar-refractivity contribution in [3.05, 3.63) is 215 Å². The maximum atomic E-state index is 13.5. The molecule has 476 valence electrons. The number of halogens is 4. The van der Waals surface area contributed by atoms with E-state index in [-0.39, 0.29) is 47.9 Å². The number of methoxy groups -OCH3 is 1. The van der Waals surface area contributed by atoms with Crippen molar-refractivity contribution in [1.29, 1.82) is 0 Å². The molecular formula is C70H61ClF3N7O11S. The summed E-state index contributed by atoms with van der Waals surface area (Å²) in [5.74, 6) is 0.0961. The zero-order valence-corrected chi connectivity index (χ0v) is 52.7. The van der Waals surface area contributed by atoms with E-state index in [0.29, 0.717) is 125 Å². The van der Waals surface area contributed by atoms with E-state index in [9.17, 15) is 41.1 Å². The second-order valence-corrected chi connectivity index (χ2v) is 23.8. The Morgan fingerprint density at radius 2 is 1.17 bits per heavy atom. The molecule has 0 atom stereocenters. The van der Waals surface area contributed by atoms with Gasteiger partial charge in [0.2, 0.25) is 10.0 Å². The molecule has 0 aliphatic carbocycles. The monoisotopic (exact) mass is 1300 g/mol. The number of benzene rings is 8. The molecule has 0 aliphatic rings. The molecule has 18 nitrogen and oxygen atoms in total. The van der Waals surface area contributed by atoms with Crippen LogP contribution in [0.5, 0.6) is 5.75 Å². The number of furan rings is 3. The summed E-state index contributed by atoms with van der Waals surface area (Å²) in [6.07, 6.45) is 2.30. The smallest absolute Gasteiger partial charge is 0.255 e. The van der Waals surface area contributed by atoms with E-state index >= 15 is 0 Å². The Labute approximate surface area is 537 Å². The molecule has 0 aliphatic heterocycles. The molecule has 23 heteroatoms. The van der Waals surface area contributed by atoms with E-state index in [1.807, 2.05) is 56.3 Å². The van der Waals surface area contributed by atoms with Gasteiger partial charge in [-0.15, -0.1) is 0 Å². The Hall–Kier alpha value is -10.5. The van der Waals surface area contributed by atoms with Gasteiger partial charge in [-0.1, -0.05) is 41.9 Å². The Balaban J connectivity index is 0.000000153. The number of aromatic amines is 1. The fourth-order valence-corrected chi connectivity index (χ4v) is 10.9. The van der Waals surface area contributed by atoms with Crippen LogP contribution >= 0.6 is 11.6 Å². The molecule has 4 aromatic heterocycles. The minimum atomic E-state index is -3.54. The number of aromatic nitrogens is 3. The lowest BCUT2D eigenvalue weighted by Crippen LogP contribution is -2.26. The van der Waals surface area contributed by atoms with Gasteiger partial charge in [0.25, 0.3) is 17.7 Å². The zero-order chi connectivity index (χ0) is 66.3. The van der Waals surface area contributed by atoms with Crippen molar-refractivity contribution >= 4 is 77.9 Å². The molecule has 0 unspecified atom stereocenters. The van der Waals surface area contributed by atoms with Crippen LogP contribution in [0.3, 0.4) is 0 Å². The van der Waals surface area contributed by atoms with E-state index < -0.39 is 10.0 Å². The lowest BCUT2D eigenvalue weighted by atomic mass is 9.99. The molecule has 8 aromatic carbocycles. The topological polar surface area (TPSA) is 244 Å². The van der Waals surface area contributed by atoms with Gasteiger partial charge in [-0.3, -0.25) is 23.8 Å². The number of nitrogens with zero attached hydrogens (tertiary/aromatic N) is 3. The van der Waals surface area contributed by atoms with Gasteiger partial charge in [0.1, 0.15) is 63.6 Å². The van der Waals surface area contributed by atoms with Crippen LogP contribution in [-0.4, -0.2) is 100 Å². The number of aliphatic hydroxyl groups is 1. The van der Waals surface area contributed by atoms with E-state index in [0.717, 1.165) is 38.4 Å². The number of hydrogen-bond donors (Lipinski definition) is 5. The maximum Gasteiger partial charge on any atom is 0.255 e. The van der Waals surface area contributed by atoms with E-state index in [1.165, 1.54) is 49.8 Å². The quantitative estimate of drug-likeness (QED) is 0.0533. The number of aliphatic hydroxyl groups excluding tert-OH is 1. The molecule has 0 saturated carbocycles. The largest absolute Gasteiger partial charge is 0.489 e. The predicted molar refractivity (Wildman–Crippen MR) is 352 cm³/mol. The highest BCUT2D eigenvalue weighted by Gasteiger charge is 2.28. The molecule has 12 aromatic rings. The third-order valence-corrected chi connectivity index (χ3v) is 16.3. The first-order chi connectivity index (χ1) is 44.7. The molecule has 4 heterocycles. The summed E-state index contributed by atoms with van der Waals surface area (Å²) in [6.45, 7) is 4.45. The molecule has 12 rings (SSSR count). The molecule has 5 N–H and O–H groups in total. The van der Waals surface area contributed by atoms with Crippen molar-refractivity contribution in [3.63, 3.8) is 0 Å². The third kappa shape index (κ3) is 14.5. The number of carbonyl (C=O) groups is 3. The van der Waals surface area contributed by atoms with Crippen LogP contribution in [0, 0.1) is 17.5 Å². The van der Waals surface area contributed by atoms with Crippen LogP contribution in [-0.2, 0) is 21.4 Å². The number of carbonyl (C=O) groups excluding carboxylic acids is 3. The van der Waals surface area contributed by atoms with Gasteiger partial charge in [0.15, 0.2) is 5.82 Å². The lowest BCUT2D eigenvalue weighted by molar-refractivity contribution is 0.0934. The second kappa shape index (κ2) is 28.3. The zero-order valence-electron chi connectivity index (χ0n) is 51.2. The number of H-pyrrole nitrogens is 1. The number of amides is 3. The van der Waals surface area contributed by atoms with Gasteiger partial charge in [0.05, 0.1) is 48.0 Å². The number of rotatable bonds is 17. The number of sulfonamides is 1. The van der Waals surface area contributed by atoms with Crippen molar-refractivity contribution in [3.8, 4) is 73.4 Å². The third-order valence-electron chi connectivity index (χ3n) is 14.8. The summed E-state index contributed by atoms with van der Waals surface area (Å²) < 4.78 is 94.7. The molecule has 0 fully saturated rings. The summed E-state index contributed by atoms with van der Waals surface area (Å²) in [5.41, 5.74) is 9.44. The first-order valence-corrected chi connectivity index (χ1v) is 31.1. The highest BCUT2D eigenvalue weighted by atomic mass is 35.5. The average molecular weight is 1300 g/mol. The molecule has 0 saturated heterocycles. The van der Waals surface area contributed by atoms with E-state index in [4.69, 9.17) is 34.3 Å². The predicted octanol–water partition coefficient (Wildman–Crippen LogP) is 14.3. The molecule has 0 radical (unpaired) electrons. The van der Waals surface area contributed by atoms with Crippen molar-refractivity contribution < 1.29 is 63.8 Å². The number of anilines is 1. The van der Waals surface area contributed by atoms with Crippen molar-refractivity contribution in [1.82, 2.24) is 31.1 Å². The van der Waals surface area contributed by atoms with Crippen molar-refractivity contribution in [2.75, 3.05) is 52.0 Å². The van der Waals surface area contributed by atoms with Gasteiger partial charge < -0.3 is 43.8 Å². The summed E-state index contributed by atoms with van der Waals surface area (Å²) in [4.78, 5) is 42.1. The minimum Gasteiger partial charge on any atom is -0.489 e. The van der Waals surface area contributed by atoms with Crippen molar-refractivity contribution in [2.45, 2.75) is 26.6 Å².